The van der Waals surface area contributed by atoms with E-state index in [4.69, 9.17) is 9.47 Å². The Kier molecular flexibility index (Phi) is 12.7. The van der Waals surface area contributed by atoms with Crippen molar-refractivity contribution in [3.63, 3.8) is 0 Å². The minimum atomic E-state index is -0.123. The monoisotopic (exact) mass is 707 g/mol. The Morgan fingerprint density at radius 3 is 2.02 bits per heavy atom. The first-order valence-corrected chi connectivity index (χ1v) is 19.8. The fourth-order valence-electron chi connectivity index (χ4n) is 8.63. The van der Waals surface area contributed by atoms with Gasteiger partial charge in [-0.1, -0.05) is 76.6 Å². The number of ether oxygens (including phenoxy) is 2. The van der Waals surface area contributed by atoms with E-state index in [0.717, 1.165) is 64.5 Å². The van der Waals surface area contributed by atoms with Gasteiger partial charge < -0.3 is 14.4 Å². The van der Waals surface area contributed by atoms with Crippen LogP contribution in [-0.4, -0.2) is 48.5 Å². The van der Waals surface area contributed by atoms with Crippen LogP contribution in [0.15, 0.2) is 83.6 Å². The highest BCUT2D eigenvalue weighted by atomic mass is 16.5. The van der Waals surface area contributed by atoms with Crippen molar-refractivity contribution in [2.45, 2.75) is 130 Å². The van der Waals surface area contributed by atoms with E-state index in [2.05, 4.69) is 118 Å². The Morgan fingerprint density at radius 2 is 1.35 bits per heavy atom. The molecule has 2 aromatic rings. The number of rotatable bonds is 16. The summed E-state index contributed by atoms with van der Waals surface area (Å²) in [6.07, 6.45) is 16.2. The van der Waals surface area contributed by atoms with E-state index in [-0.39, 0.29) is 28.2 Å². The quantitative estimate of drug-likeness (QED) is 0.0987. The zero-order valence-corrected chi connectivity index (χ0v) is 33.3. The highest BCUT2D eigenvalue weighted by molar-refractivity contribution is 6.03. The molecule has 2 aliphatic heterocycles. The molecule has 6 nitrogen and oxygen atoms in total. The molecule has 0 spiro atoms. The summed E-state index contributed by atoms with van der Waals surface area (Å²) in [5.41, 5.74) is 10.7. The highest BCUT2D eigenvalue weighted by Gasteiger charge is 2.45. The number of unbranched alkanes of at least 4 members (excludes halogenated alkanes) is 4. The molecule has 0 aromatic heterocycles. The molecule has 3 aliphatic rings. The smallest absolute Gasteiger partial charge is 0.305 e. The summed E-state index contributed by atoms with van der Waals surface area (Å²) in [5.74, 6) is -0.188. The van der Waals surface area contributed by atoms with Crippen molar-refractivity contribution in [1.82, 2.24) is 0 Å². The summed E-state index contributed by atoms with van der Waals surface area (Å²) in [6.45, 7) is 20.7. The Bertz CT molecular complexity index is 1740. The van der Waals surface area contributed by atoms with Crippen LogP contribution in [0.25, 0.3) is 0 Å². The molecule has 280 valence electrons. The molecule has 2 heterocycles. The lowest BCUT2D eigenvalue weighted by atomic mass is 9.73. The molecule has 0 amide bonds. The Labute approximate surface area is 313 Å². The first-order chi connectivity index (χ1) is 24.8. The average molecular weight is 708 g/mol. The number of allylic oxidation sites excluding steroid dienone is 6. The maximum absolute atomic E-state index is 11.9. The number of para-hydroxylation sites is 2. The number of benzene rings is 2. The van der Waals surface area contributed by atoms with Gasteiger partial charge in [0.05, 0.1) is 18.6 Å². The SMILES string of the molecule is CCOC(=O)CCCCCN1/C(=C/C2=CC(=C/C3=[N+](CCCCCC(=O)OCC)c4ccccc4C3(C)C)/CC(C)(C)C2)C(C)(C)c2ccccc21. The second-order valence-corrected chi connectivity index (χ2v) is 16.7. The van der Waals surface area contributed by atoms with Gasteiger partial charge in [-0.3, -0.25) is 9.59 Å². The zero-order valence-electron chi connectivity index (χ0n) is 33.3. The number of fused-ring (bicyclic) bond motifs is 2. The van der Waals surface area contributed by atoms with E-state index in [1.165, 1.54) is 45.1 Å². The van der Waals surface area contributed by atoms with Gasteiger partial charge in [0.1, 0.15) is 6.54 Å². The van der Waals surface area contributed by atoms with E-state index in [1.54, 1.807) is 0 Å². The van der Waals surface area contributed by atoms with Crippen molar-refractivity contribution in [3.8, 4) is 0 Å². The molecule has 52 heavy (non-hydrogen) atoms. The molecule has 5 rings (SSSR count). The van der Waals surface area contributed by atoms with Gasteiger partial charge in [-0.15, -0.1) is 0 Å². The number of hydrogen-bond acceptors (Lipinski definition) is 5. The second-order valence-electron chi connectivity index (χ2n) is 16.7. The highest BCUT2D eigenvalue weighted by Crippen LogP contribution is 2.49. The fraction of sp³-hybridized carbons (Fsp3) is 0.543. The number of carbonyl (C=O) groups excluding carboxylic acids is 2. The van der Waals surface area contributed by atoms with E-state index in [1.807, 2.05) is 13.8 Å². The lowest BCUT2D eigenvalue weighted by Crippen LogP contribution is -2.29. The molecular weight excluding hydrogens is 645 g/mol. The number of carbonyl (C=O) groups is 2. The standard InChI is InChI=1S/C46H63N2O4/c1-9-51-42(49)25-13-11-19-27-47-38-23-17-15-21-36(38)45(5,6)40(47)30-34-29-35(33-44(3,4)32-34)31-41-46(7,8)37-22-16-18-24-39(37)48(41)28-20-12-14-26-43(50)52-10-2/h15-18,21-24,29-31H,9-14,19-20,25-28,32-33H2,1-8H3/q+1. The van der Waals surface area contributed by atoms with E-state index < -0.39 is 0 Å². The molecular formula is C46H63N2O4+. The minimum Gasteiger partial charge on any atom is -0.466 e. The van der Waals surface area contributed by atoms with Crippen molar-refractivity contribution >= 4 is 29.0 Å². The molecule has 6 heteroatoms. The Balaban J connectivity index is 1.44. The molecule has 0 fully saturated rings. The van der Waals surface area contributed by atoms with Crippen LogP contribution in [0, 0.1) is 5.41 Å². The zero-order chi connectivity index (χ0) is 37.5. The van der Waals surface area contributed by atoms with Crippen molar-refractivity contribution < 1.29 is 23.6 Å². The fourth-order valence-corrected chi connectivity index (χ4v) is 8.63. The van der Waals surface area contributed by atoms with Crippen molar-refractivity contribution in [3.05, 3.63) is 94.7 Å². The largest absolute Gasteiger partial charge is 0.466 e. The summed E-state index contributed by atoms with van der Waals surface area (Å²) in [6, 6.07) is 17.7. The van der Waals surface area contributed by atoms with Crippen molar-refractivity contribution in [2.75, 3.05) is 31.2 Å². The molecule has 1 aliphatic carbocycles. The molecule has 0 atom stereocenters. The lowest BCUT2D eigenvalue weighted by molar-refractivity contribution is -0.438. The van der Waals surface area contributed by atoms with E-state index in [0.29, 0.717) is 26.1 Å². The minimum absolute atomic E-state index is 0.0939. The van der Waals surface area contributed by atoms with E-state index >= 15 is 0 Å². The average Bonchev–Trinajstić information content (AvgIpc) is 3.42. The van der Waals surface area contributed by atoms with Gasteiger partial charge in [-0.05, 0) is 100 Å². The Morgan fingerprint density at radius 1 is 0.731 bits per heavy atom. The van der Waals surface area contributed by atoms with Gasteiger partial charge >= 0.3 is 11.9 Å². The third-order valence-corrected chi connectivity index (χ3v) is 11.1. The molecule has 0 radical (unpaired) electrons. The Hall–Kier alpha value is -3.93. The van der Waals surface area contributed by atoms with Crippen LogP contribution in [0.2, 0.25) is 0 Å². The first kappa shape index (κ1) is 39.3. The molecule has 0 saturated carbocycles. The third-order valence-electron chi connectivity index (χ3n) is 11.1. The maximum Gasteiger partial charge on any atom is 0.305 e. The molecule has 0 N–H and O–H groups in total. The normalized spacial score (nSPS) is 19.8. The molecule has 0 saturated heterocycles. The van der Waals surface area contributed by atoms with Gasteiger partial charge in [0.2, 0.25) is 5.69 Å². The van der Waals surface area contributed by atoms with Crippen LogP contribution in [0.4, 0.5) is 11.4 Å². The van der Waals surface area contributed by atoms with Gasteiger partial charge in [-0.25, -0.2) is 0 Å². The first-order valence-electron chi connectivity index (χ1n) is 19.8. The number of hydrogen-bond donors (Lipinski definition) is 0. The third kappa shape index (κ3) is 8.98. The van der Waals surface area contributed by atoms with Gasteiger partial charge in [0.15, 0.2) is 5.71 Å². The van der Waals surface area contributed by atoms with Crippen LogP contribution in [0.5, 0.6) is 0 Å². The van der Waals surface area contributed by atoms with Gasteiger partial charge in [0, 0.05) is 60.3 Å². The summed E-state index contributed by atoms with van der Waals surface area (Å²) in [4.78, 5) is 26.4. The molecule has 0 unspecified atom stereocenters. The maximum atomic E-state index is 11.9. The number of anilines is 1. The predicted molar refractivity (Wildman–Crippen MR) is 214 cm³/mol. The second kappa shape index (κ2) is 16.8. The molecule has 0 bridgehead atoms. The van der Waals surface area contributed by atoms with Gasteiger partial charge in [0.25, 0.3) is 0 Å². The lowest BCUT2D eigenvalue weighted by Gasteiger charge is -2.33. The van der Waals surface area contributed by atoms with Crippen LogP contribution in [0.1, 0.15) is 131 Å². The van der Waals surface area contributed by atoms with E-state index in [9.17, 15) is 9.59 Å². The summed E-state index contributed by atoms with van der Waals surface area (Å²) in [7, 11) is 0. The van der Waals surface area contributed by atoms with Gasteiger partial charge in [-0.2, -0.15) is 4.58 Å². The van der Waals surface area contributed by atoms with Crippen LogP contribution in [-0.2, 0) is 29.9 Å². The van der Waals surface area contributed by atoms with Crippen molar-refractivity contribution in [2.24, 2.45) is 5.41 Å². The van der Waals surface area contributed by atoms with Crippen LogP contribution >= 0.6 is 0 Å². The van der Waals surface area contributed by atoms with Crippen molar-refractivity contribution in [1.29, 1.82) is 0 Å². The number of nitrogens with zero attached hydrogens (tertiary/aromatic N) is 2. The van der Waals surface area contributed by atoms with Crippen LogP contribution in [0.3, 0.4) is 0 Å². The summed E-state index contributed by atoms with van der Waals surface area (Å²) < 4.78 is 12.8. The molecule has 2 aromatic carbocycles. The van der Waals surface area contributed by atoms with Crippen LogP contribution < -0.4 is 4.90 Å². The topological polar surface area (TPSA) is 58.8 Å². The predicted octanol–water partition coefficient (Wildman–Crippen LogP) is 10.7. The number of esters is 2. The summed E-state index contributed by atoms with van der Waals surface area (Å²) >= 11 is 0. The summed E-state index contributed by atoms with van der Waals surface area (Å²) in [5, 5.41) is 0.